The summed E-state index contributed by atoms with van der Waals surface area (Å²) in [4.78, 5) is 0. The number of ether oxygens (including phenoxy) is 1. The number of para-hydroxylation sites is 1. The van der Waals surface area contributed by atoms with Crippen LogP contribution in [-0.4, -0.2) is 23.9 Å². The molecule has 1 aliphatic rings. The highest BCUT2D eigenvalue weighted by atomic mass is 16.5. The van der Waals surface area contributed by atoms with Gasteiger partial charge in [0.15, 0.2) is 0 Å². The van der Waals surface area contributed by atoms with Crippen LogP contribution in [0.2, 0.25) is 0 Å². The first kappa shape index (κ1) is 13.4. The van der Waals surface area contributed by atoms with E-state index in [1.54, 1.807) is 0 Å². The average Bonchev–Trinajstić information content (AvgIpc) is 2.31. The van der Waals surface area contributed by atoms with Crippen molar-refractivity contribution in [3.8, 4) is 5.75 Å². The van der Waals surface area contributed by atoms with Crippen LogP contribution in [-0.2, 0) is 5.41 Å². The molecule has 1 aromatic carbocycles. The van der Waals surface area contributed by atoms with Gasteiger partial charge < -0.3 is 15.6 Å². The van der Waals surface area contributed by atoms with Gasteiger partial charge in [0.1, 0.15) is 5.75 Å². The Kier molecular flexibility index (Phi) is 3.39. The van der Waals surface area contributed by atoms with Crippen LogP contribution in [0.15, 0.2) is 24.3 Å². The van der Waals surface area contributed by atoms with Gasteiger partial charge >= 0.3 is 0 Å². The van der Waals surface area contributed by atoms with Crippen LogP contribution in [0, 0.1) is 5.92 Å². The Bertz CT molecular complexity index is 425. The van der Waals surface area contributed by atoms with Crippen LogP contribution >= 0.6 is 0 Å². The molecule has 1 aromatic rings. The van der Waals surface area contributed by atoms with E-state index in [-0.39, 0.29) is 17.9 Å². The lowest BCUT2D eigenvalue weighted by Gasteiger charge is -2.51. The molecule has 100 valence electrons. The zero-order valence-corrected chi connectivity index (χ0v) is 11.4. The van der Waals surface area contributed by atoms with Crippen molar-refractivity contribution in [2.45, 2.75) is 38.1 Å². The molecule has 3 heteroatoms. The summed E-state index contributed by atoms with van der Waals surface area (Å²) in [6.45, 7) is 7.03. The lowest BCUT2D eigenvalue weighted by molar-refractivity contribution is 0.0621. The SMILES string of the molecule is CC1COc2ccccc2C1(CCO)C(C)(C)N. The third-order valence-corrected chi connectivity index (χ3v) is 4.35. The zero-order chi connectivity index (χ0) is 13.4. The quantitative estimate of drug-likeness (QED) is 0.862. The highest BCUT2D eigenvalue weighted by Gasteiger charge is 2.51. The van der Waals surface area contributed by atoms with Crippen molar-refractivity contribution in [2.75, 3.05) is 13.2 Å². The standard InChI is InChI=1S/C15H23NO2/c1-11-10-18-13-7-5-4-6-12(13)15(11,8-9-17)14(2,3)16/h4-7,11,17H,8-10,16H2,1-3H3. The lowest BCUT2D eigenvalue weighted by Crippen LogP contribution is -2.60. The number of benzene rings is 1. The number of fused-ring (bicyclic) bond motifs is 1. The molecule has 0 saturated carbocycles. The van der Waals surface area contributed by atoms with Gasteiger partial charge in [-0.25, -0.2) is 0 Å². The van der Waals surface area contributed by atoms with Crippen molar-refractivity contribution < 1.29 is 9.84 Å². The summed E-state index contributed by atoms with van der Waals surface area (Å²) in [6.07, 6.45) is 0.665. The van der Waals surface area contributed by atoms with Gasteiger partial charge in [0.25, 0.3) is 0 Å². The van der Waals surface area contributed by atoms with Crippen LogP contribution in [0.5, 0.6) is 5.75 Å². The molecule has 1 heterocycles. The molecule has 3 N–H and O–H groups in total. The first-order chi connectivity index (χ1) is 8.43. The molecular formula is C15H23NO2. The van der Waals surface area contributed by atoms with Crippen LogP contribution in [0.25, 0.3) is 0 Å². The molecule has 0 spiro atoms. The van der Waals surface area contributed by atoms with E-state index in [0.717, 1.165) is 11.3 Å². The summed E-state index contributed by atoms with van der Waals surface area (Å²) in [5, 5.41) is 9.49. The van der Waals surface area contributed by atoms with Gasteiger partial charge in [-0.3, -0.25) is 0 Å². The normalized spacial score (nSPS) is 27.5. The molecule has 0 radical (unpaired) electrons. The van der Waals surface area contributed by atoms with Crippen molar-refractivity contribution in [3.05, 3.63) is 29.8 Å². The van der Waals surface area contributed by atoms with Gasteiger partial charge in [0, 0.05) is 29.0 Å². The second-order valence-corrected chi connectivity index (χ2v) is 5.87. The monoisotopic (exact) mass is 249 g/mol. The molecular weight excluding hydrogens is 226 g/mol. The number of rotatable bonds is 3. The summed E-state index contributed by atoms with van der Waals surface area (Å²) in [7, 11) is 0. The Balaban J connectivity index is 2.63. The highest BCUT2D eigenvalue weighted by Crippen LogP contribution is 2.49. The fourth-order valence-electron chi connectivity index (χ4n) is 3.45. The minimum atomic E-state index is -0.408. The van der Waals surface area contributed by atoms with Crippen molar-refractivity contribution >= 4 is 0 Å². The largest absolute Gasteiger partial charge is 0.493 e. The van der Waals surface area contributed by atoms with Gasteiger partial charge in [-0.1, -0.05) is 25.1 Å². The maximum Gasteiger partial charge on any atom is 0.123 e. The summed E-state index contributed by atoms with van der Waals surface area (Å²) in [5.41, 5.74) is 6.95. The van der Waals surface area contributed by atoms with Crippen molar-refractivity contribution in [2.24, 2.45) is 11.7 Å². The number of hydrogen-bond donors (Lipinski definition) is 2. The number of aliphatic hydroxyl groups is 1. The van der Waals surface area contributed by atoms with E-state index in [4.69, 9.17) is 10.5 Å². The smallest absolute Gasteiger partial charge is 0.123 e. The molecule has 0 aromatic heterocycles. The molecule has 18 heavy (non-hydrogen) atoms. The first-order valence-corrected chi connectivity index (χ1v) is 6.55. The van der Waals surface area contributed by atoms with Gasteiger partial charge in [0.05, 0.1) is 6.61 Å². The van der Waals surface area contributed by atoms with Crippen molar-refractivity contribution in [3.63, 3.8) is 0 Å². The van der Waals surface area contributed by atoms with Crippen molar-refractivity contribution in [1.82, 2.24) is 0 Å². The predicted octanol–water partition coefficient (Wildman–Crippen LogP) is 2.07. The topological polar surface area (TPSA) is 55.5 Å². The summed E-state index contributed by atoms with van der Waals surface area (Å²) in [6, 6.07) is 8.05. The van der Waals surface area contributed by atoms with Crippen LogP contribution in [0.1, 0.15) is 32.8 Å². The predicted molar refractivity (Wildman–Crippen MR) is 72.7 cm³/mol. The number of nitrogens with two attached hydrogens (primary N) is 1. The number of hydrogen-bond acceptors (Lipinski definition) is 3. The molecule has 1 aliphatic heterocycles. The van der Waals surface area contributed by atoms with Gasteiger partial charge in [-0.05, 0) is 26.3 Å². The summed E-state index contributed by atoms with van der Waals surface area (Å²) < 4.78 is 5.80. The third kappa shape index (κ3) is 1.82. The van der Waals surface area contributed by atoms with Crippen LogP contribution < -0.4 is 10.5 Å². The molecule has 2 unspecified atom stereocenters. The van der Waals surface area contributed by atoms with E-state index in [0.29, 0.717) is 13.0 Å². The van der Waals surface area contributed by atoms with E-state index in [1.165, 1.54) is 0 Å². The third-order valence-electron chi connectivity index (χ3n) is 4.35. The van der Waals surface area contributed by atoms with E-state index in [2.05, 4.69) is 13.0 Å². The Morgan fingerprint density at radius 3 is 2.72 bits per heavy atom. The Morgan fingerprint density at radius 1 is 1.44 bits per heavy atom. The Labute approximate surface area is 109 Å². The lowest BCUT2D eigenvalue weighted by atomic mass is 9.58. The molecule has 0 aliphatic carbocycles. The maximum atomic E-state index is 9.49. The molecule has 0 saturated heterocycles. The average molecular weight is 249 g/mol. The molecule has 2 rings (SSSR count). The second-order valence-electron chi connectivity index (χ2n) is 5.87. The fourth-order valence-corrected chi connectivity index (χ4v) is 3.45. The minimum absolute atomic E-state index is 0.138. The zero-order valence-electron chi connectivity index (χ0n) is 11.4. The molecule has 0 bridgehead atoms. The number of aliphatic hydroxyl groups excluding tert-OH is 1. The minimum Gasteiger partial charge on any atom is -0.493 e. The highest BCUT2D eigenvalue weighted by molar-refractivity contribution is 5.44. The van der Waals surface area contributed by atoms with Crippen LogP contribution in [0.3, 0.4) is 0 Å². The van der Waals surface area contributed by atoms with Gasteiger partial charge in [0.2, 0.25) is 0 Å². The molecule has 2 atom stereocenters. The van der Waals surface area contributed by atoms with E-state index < -0.39 is 5.54 Å². The molecule has 3 nitrogen and oxygen atoms in total. The fraction of sp³-hybridized carbons (Fsp3) is 0.600. The Hall–Kier alpha value is -1.06. The summed E-state index contributed by atoms with van der Waals surface area (Å²) >= 11 is 0. The van der Waals surface area contributed by atoms with Crippen molar-refractivity contribution in [1.29, 1.82) is 0 Å². The van der Waals surface area contributed by atoms with Crippen LogP contribution in [0.4, 0.5) is 0 Å². The van der Waals surface area contributed by atoms with E-state index in [1.807, 2.05) is 32.0 Å². The first-order valence-electron chi connectivity index (χ1n) is 6.55. The maximum absolute atomic E-state index is 9.49. The van der Waals surface area contributed by atoms with E-state index in [9.17, 15) is 5.11 Å². The van der Waals surface area contributed by atoms with E-state index >= 15 is 0 Å². The van der Waals surface area contributed by atoms with Gasteiger partial charge in [-0.2, -0.15) is 0 Å². The van der Waals surface area contributed by atoms with Gasteiger partial charge in [-0.15, -0.1) is 0 Å². The Morgan fingerprint density at radius 2 is 2.11 bits per heavy atom. The molecule has 0 fully saturated rings. The second kappa shape index (κ2) is 4.56. The molecule has 0 amide bonds. The summed E-state index contributed by atoms with van der Waals surface area (Å²) in [5.74, 6) is 1.18.